The molecule has 2 unspecified atom stereocenters. The van der Waals surface area contributed by atoms with E-state index in [0.29, 0.717) is 13.1 Å². The van der Waals surface area contributed by atoms with Crippen LogP contribution in [0.5, 0.6) is 0 Å². The number of nitrogens with zero attached hydrogens (tertiary/aromatic N) is 1. The minimum atomic E-state index is -3.33. The number of rotatable bonds is 6. The summed E-state index contributed by atoms with van der Waals surface area (Å²) in [4.78, 5) is 10.4. The highest BCUT2D eigenvalue weighted by atomic mass is 32.2. The lowest BCUT2D eigenvalue weighted by molar-refractivity contribution is -0.137. The lowest BCUT2D eigenvalue weighted by Gasteiger charge is -2.33. The molecule has 0 aliphatic carbocycles. The van der Waals surface area contributed by atoms with E-state index >= 15 is 0 Å². The van der Waals surface area contributed by atoms with E-state index < -0.39 is 16.0 Å². The zero-order valence-corrected chi connectivity index (χ0v) is 11.5. The Balaban J connectivity index is 2.53. The van der Waals surface area contributed by atoms with Gasteiger partial charge in [0.25, 0.3) is 0 Å². The number of hydrogen-bond acceptors (Lipinski definition) is 4. The Bertz CT molecular complexity index is 381. The number of nitrogens with two attached hydrogens (primary N) is 1. The van der Waals surface area contributed by atoms with Crippen LogP contribution in [0.25, 0.3) is 0 Å². The largest absolute Gasteiger partial charge is 0.481 e. The molecule has 0 bridgehead atoms. The van der Waals surface area contributed by atoms with Gasteiger partial charge >= 0.3 is 5.97 Å². The van der Waals surface area contributed by atoms with Gasteiger partial charge in [-0.3, -0.25) is 4.79 Å². The number of carboxylic acid groups (broad SMARTS) is 1. The van der Waals surface area contributed by atoms with Gasteiger partial charge in [-0.25, -0.2) is 12.7 Å². The standard InChI is InChI=1S/C11H22N2O4S/c1-9(12)10-4-2-6-13(8-10)18(16,17)7-3-5-11(14)15/h9-10H,2-8,12H2,1H3,(H,14,15). The van der Waals surface area contributed by atoms with Crippen LogP contribution < -0.4 is 5.73 Å². The van der Waals surface area contributed by atoms with Crippen LogP contribution in [0.1, 0.15) is 32.6 Å². The van der Waals surface area contributed by atoms with Crippen LogP contribution >= 0.6 is 0 Å². The van der Waals surface area contributed by atoms with Crippen molar-refractivity contribution in [3.8, 4) is 0 Å². The summed E-state index contributed by atoms with van der Waals surface area (Å²) in [6.07, 6.45) is 1.84. The van der Waals surface area contributed by atoms with E-state index in [1.807, 2.05) is 6.92 Å². The first-order valence-electron chi connectivity index (χ1n) is 6.28. The molecule has 1 aliphatic heterocycles. The van der Waals surface area contributed by atoms with Gasteiger partial charge in [0.15, 0.2) is 0 Å². The number of carboxylic acids is 1. The molecule has 7 heteroatoms. The Kier molecular flexibility index (Phi) is 5.55. The molecule has 1 rings (SSSR count). The van der Waals surface area contributed by atoms with Gasteiger partial charge in [0.2, 0.25) is 10.0 Å². The molecule has 0 spiro atoms. The Hall–Kier alpha value is -0.660. The van der Waals surface area contributed by atoms with Crippen LogP contribution in [0, 0.1) is 5.92 Å². The predicted molar refractivity (Wildman–Crippen MR) is 68.6 cm³/mol. The van der Waals surface area contributed by atoms with E-state index in [4.69, 9.17) is 10.8 Å². The van der Waals surface area contributed by atoms with Crippen molar-refractivity contribution in [3.63, 3.8) is 0 Å². The third-order valence-electron chi connectivity index (χ3n) is 3.35. The van der Waals surface area contributed by atoms with Crippen LogP contribution in [-0.4, -0.2) is 48.7 Å². The molecule has 1 saturated heterocycles. The third kappa shape index (κ3) is 4.55. The number of carbonyl (C=O) groups is 1. The fourth-order valence-electron chi connectivity index (χ4n) is 2.19. The summed E-state index contributed by atoms with van der Waals surface area (Å²) in [6, 6.07) is -0.0120. The summed E-state index contributed by atoms with van der Waals surface area (Å²) in [5.41, 5.74) is 5.81. The van der Waals surface area contributed by atoms with E-state index in [1.165, 1.54) is 4.31 Å². The molecular weight excluding hydrogens is 256 g/mol. The van der Waals surface area contributed by atoms with Gasteiger partial charge in [-0.05, 0) is 32.1 Å². The smallest absolute Gasteiger partial charge is 0.303 e. The fraction of sp³-hybridized carbons (Fsp3) is 0.909. The molecule has 1 fully saturated rings. The Morgan fingerprint density at radius 2 is 2.22 bits per heavy atom. The molecule has 106 valence electrons. The Morgan fingerprint density at radius 1 is 1.56 bits per heavy atom. The Morgan fingerprint density at radius 3 is 2.78 bits per heavy atom. The van der Waals surface area contributed by atoms with Crippen LogP contribution in [0.15, 0.2) is 0 Å². The quantitative estimate of drug-likeness (QED) is 0.725. The molecule has 0 saturated carbocycles. The summed E-state index contributed by atoms with van der Waals surface area (Å²) < 4.78 is 25.5. The minimum Gasteiger partial charge on any atom is -0.481 e. The summed E-state index contributed by atoms with van der Waals surface area (Å²) in [5.74, 6) is -0.851. The maximum atomic E-state index is 12.0. The van der Waals surface area contributed by atoms with E-state index in [-0.39, 0.29) is 30.6 Å². The highest BCUT2D eigenvalue weighted by Gasteiger charge is 2.30. The normalized spacial score (nSPS) is 23.8. The fourth-order valence-corrected chi connectivity index (χ4v) is 3.78. The molecule has 1 heterocycles. The zero-order chi connectivity index (χ0) is 13.8. The molecule has 0 aromatic rings. The topological polar surface area (TPSA) is 101 Å². The number of hydrogen-bond donors (Lipinski definition) is 2. The average Bonchev–Trinajstić information content (AvgIpc) is 2.28. The lowest BCUT2D eigenvalue weighted by Crippen LogP contribution is -2.45. The van der Waals surface area contributed by atoms with E-state index in [0.717, 1.165) is 12.8 Å². The molecule has 6 nitrogen and oxygen atoms in total. The van der Waals surface area contributed by atoms with Crippen molar-refractivity contribution in [1.82, 2.24) is 4.31 Å². The van der Waals surface area contributed by atoms with Crippen molar-refractivity contribution >= 4 is 16.0 Å². The van der Waals surface area contributed by atoms with Gasteiger partial charge in [-0.2, -0.15) is 0 Å². The summed E-state index contributed by atoms with van der Waals surface area (Å²) in [7, 11) is -3.33. The van der Waals surface area contributed by atoms with Crippen molar-refractivity contribution in [3.05, 3.63) is 0 Å². The van der Waals surface area contributed by atoms with Crippen molar-refractivity contribution in [1.29, 1.82) is 0 Å². The second-order valence-corrected chi connectivity index (χ2v) is 7.02. The Labute approximate surface area is 108 Å². The molecule has 3 N–H and O–H groups in total. The second-order valence-electron chi connectivity index (χ2n) is 4.93. The summed E-state index contributed by atoms with van der Waals surface area (Å²) in [6.45, 7) is 2.89. The van der Waals surface area contributed by atoms with Gasteiger partial charge in [0, 0.05) is 25.6 Å². The summed E-state index contributed by atoms with van der Waals surface area (Å²) >= 11 is 0. The van der Waals surface area contributed by atoms with Crippen LogP contribution in [-0.2, 0) is 14.8 Å². The van der Waals surface area contributed by atoms with Crippen LogP contribution in [0.4, 0.5) is 0 Å². The van der Waals surface area contributed by atoms with E-state index in [9.17, 15) is 13.2 Å². The van der Waals surface area contributed by atoms with Gasteiger partial charge in [0.05, 0.1) is 5.75 Å². The highest BCUT2D eigenvalue weighted by Crippen LogP contribution is 2.21. The molecule has 18 heavy (non-hydrogen) atoms. The van der Waals surface area contributed by atoms with Crippen LogP contribution in [0.3, 0.4) is 0 Å². The number of piperidine rings is 1. The van der Waals surface area contributed by atoms with Crippen LogP contribution in [0.2, 0.25) is 0 Å². The van der Waals surface area contributed by atoms with Gasteiger partial charge in [0.1, 0.15) is 0 Å². The van der Waals surface area contributed by atoms with Gasteiger partial charge in [-0.15, -0.1) is 0 Å². The van der Waals surface area contributed by atoms with E-state index in [1.54, 1.807) is 0 Å². The van der Waals surface area contributed by atoms with Crippen molar-refractivity contribution in [2.24, 2.45) is 11.7 Å². The molecule has 0 aromatic carbocycles. The molecule has 1 aliphatic rings. The SMILES string of the molecule is CC(N)C1CCCN(S(=O)(=O)CCCC(=O)O)C1. The first-order chi connectivity index (χ1) is 8.33. The van der Waals surface area contributed by atoms with Gasteiger partial charge in [-0.1, -0.05) is 0 Å². The molecule has 2 atom stereocenters. The van der Waals surface area contributed by atoms with Crippen molar-refractivity contribution in [2.45, 2.75) is 38.6 Å². The van der Waals surface area contributed by atoms with Crippen molar-refractivity contribution < 1.29 is 18.3 Å². The van der Waals surface area contributed by atoms with Gasteiger partial charge < -0.3 is 10.8 Å². The minimum absolute atomic E-state index is 0.0120. The van der Waals surface area contributed by atoms with E-state index in [2.05, 4.69) is 0 Å². The average molecular weight is 278 g/mol. The lowest BCUT2D eigenvalue weighted by atomic mass is 9.93. The highest BCUT2D eigenvalue weighted by molar-refractivity contribution is 7.89. The first kappa shape index (κ1) is 15.4. The van der Waals surface area contributed by atoms with Crippen molar-refractivity contribution in [2.75, 3.05) is 18.8 Å². The first-order valence-corrected chi connectivity index (χ1v) is 7.89. The maximum Gasteiger partial charge on any atom is 0.303 e. The molecule has 0 amide bonds. The number of aliphatic carboxylic acids is 1. The molecule has 0 radical (unpaired) electrons. The molecule has 0 aromatic heterocycles. The second kappa shape index (κ2) is 6.49. The summed E-state index contributed by atoms with van der Waals surface area (Å²) in [5, 5.41) is 8.51. The monoisotopic (exact) mass is 278 g/mol. The maximum absolute atomic E-state index is 12.0. The molecular formula is C11H22N2O4S. The zero-order valence-electron chi connectivity index (χ0n) is 10.7. The number of sulfonamides is 1. The predicted octanol–water partition coefficient (Wildman–Crippen LogP) is 0.240. The third-order valence-corrected chi connectivity index (χ3v) is 5.27.